The summed E-state index contributed by atoms with van der Waals surface area (Å²) in [6.45, 7) is 2.49. The Morgan fingerprint density at radius 3 is 2.65 bits per heavy atom. The first-order valence-electron chi connectivity index (χ1n) is 6.47. The second-order valence-corrected chi connectivity index (χ2v) is 4.30. The lowest BCUT2D eigenvalue weighted by molar-refractivity contribution is -0.141. The molecule has 1 unspecified atom stereocenters. The molecule has 0 bridgehead atoms. The molecule has 0 saturated carbocycles. The SMILES string of the molecule is CCCNC(CC(=O)Nc1ccccc1OC)C(=O)O. The topological polar surface area (TPSA) is 87.7 Å². The minimum atomic E-state index is -1.03. The lowest BCUT2D eigenvalue weighted by Crippen LogP contribution is -2.40. The van der Waals surface area contributed by atoms with Crippen molar-refractivity contribution in [1.29, 1.82) is 0 Å². The second kappa shape index (κ2) is 8.16. The molecule has 3 N–H and O–H groups in total. The first-order valence-corrected chi connectivity index (χ1v) is 6.47. The summed E-state index contributed by atoms with van der Waals surface area (Å²) in [5.74, 6) is -0.867. The maximum atomic E-state index is 11.9. The summed E-state index contributed by atoms with van der Waals surface area (Å²) in [6.07, 6.45) is 0.672. The van der Waals surface area contributed by atoms with Crippen molar-refractivity contribution in [3.8, 4) is 5.75 Å². The van der Waals surface area contributed by atoms with Gasteiger partial charge in [0.15, 0.2) is 0 Å². The van der Waals surface area contributed by atoms with E-state index < -0.39 is 12.0 Å². The number of methoxy groups -OCH3 is 1. The molecule has 20 heavy (non-hydrogen) atoms. The largest absolute Gasteiger partial charge is 0.495 e. The average Bonchev–Trinajstić information content (AvgIpc) is 2.43. The molecule has 6 heteroatoms. The van der Waals surface area contributed by atoms with Crippen LogP contribution >= 0.6 is 0 Å². The molecule has 0 aliphatic carbocycles. The van der Waals surface area contributed by atoms with Gasteiger partial charge in [0.05, 0.1) is 19.2 Å². The summed E-state index contributed by atoms with van der Waals surface area (Å²) in [4.78, 5) is 22.9. The van der Waals surface area contributed by atoms with E-state index >= 15 is 0 Å². The fourth-order valence-corrected chi connectivity index (χ4v) is 1.70. The number of carbonyl (C=O) groups excluding carboxylic acids is 1. The summed E-state index contributed by atoms with van der Waals surface area (Å²) >= 11 is 0. The molecule has 0 saturated heterocycles. The number of carboxylic acid groups (broad SMARTS) is 1. The highest BCUT2D eigenvalue weighted by Crippen LogP contribution is 2.23. The number of amides is 1. The quantitative estimate of drug-likeness (QED) is 0.671. The molecule has 0 aliphatic rings. The summed E-state index contributed by atoms with van der Waals surface area (Å²) < 4.78 is 5.12. The zero-order valence-corrected chi connectivity index (χ0v) is 11.7. The van der Waals surface area contributed by atoms with Crippen molar-refractivity contribution in [3.63, 3.8) is 0 Å². The fourth-order valence-electron chi connectivity index (χ4n) is 1.70. The number of rotatable bonds is 8. The van der Waals surface area contributed by atoms with Gasteiger partial charge in [0.1, 0.15) is 11.8 Å². The molecular weight excluding hydrogens is 260 g/mol. The monoisotopic (exact) mass is 280 g/mol. The molecule has 0 radical (unpaired) electrons. The van der Waals surface area contributed by atoms with Crippen molar-refractivity contribution < 1.29 is 19.4 Å². The van der Waals surface area contributed by atoms with Crippen LogP contribution in [0.5, 0.6) is 5.75 Å². The predicted molar refractivity (Wildman–Crippen MR) is 76.0 cm³/mol. The van der Waals surface area contributed by atoms with Gasteiger partial charge in [0, 0.05) is 0 Å². The van der Waals surface area contributed by atoms with Crippen LogP contribution in [0.4, 0.5) is 5.69 Å². The van der Waals surface area contributed by atoms with Gasteiger partial charge in [0.25, 0.3) is 0 Å². The molecule has 110 valence electrons. The summed E-state index contributed by atoms with van der Waals surface area (Å²) in [6, 6.07) is 6.09. The number of ether oxygens (including phenoxy) is 1. The molecule has 0 aliphatic heterocycles. The van der Waals surface area contributed by atoms with Crippen molar-refractivity contribution in [2.75, 3.05) is 19.0 Å². The maximum absolute atomic E-state index is 11.9. The molecule has 0 spiro atoms. The molecule has 6 nitrogen and oxygen atoms in total. The van der Waals surface area contributed by atoms with Gasteiger partial charge < -0.3 is 20.5 Å². The van der Waals surface area contributed by atoms with Crippen LogP contribution in [0, 0.1) is 0 Å². The van der Waals surface area contributed by atoms with Crippen molar-refractivity contribution >= 4 is 17.6 Å². The van der Waals surface area contributed by atoms with E-state index in [2.05, 4.69) is 10.6 Å². The number of hydrogen-bond donors (Lipinski definition) is 3. The normalized spacial score (nSPS) is 11.7. The third-order valence-electron chi connectivity index (χ3n) is 2.71. The number of anilines is 1. The van der Waals surface area contributed by atoms with E-state index in [1.807, 2.05) is 6.92 Å². The van der Waals surface area contributed by atoms with Gasteiger partial charge >= 0.3 is 5.97 Å². The van der Waals surface area contributed by atoms with E-state index in [0.717, 1.165) is 6.42 Å². The third kappa shape index (κ3) is 4.89. The second-order valence-electron chi connectivity index (χ2n) is 4.30. The Morgan fingerprint density at radius 1 is 1.35 bits per heavy atom. The van der Waals surface area contributed by atoms with Crippen LogP contribution in [0.2, 0.25) is 0 Å². The number of aliphatic carboxylic acids is 1. The molecule has 1 amide bonds. The van der Waals surface area contributed by atoms with Crippen LogP contribution in [-0.4, -0.2) is 36.7 Å². The molecular formula is C14H20N2O4. The van der Waals surface area contributed by atoms with Gasteiger partial charge in [-0.05, 0) is 25.1 Å². The highest BCUT2D eigenvalue weighted by molar-refractivity contribution is 5.95. The molecule has 1 atom stereocenters. The van der Waals surface area contributed by atoms with Crippen LogP contribution in [0.15, 0.2) is 24.3 Å². The Labute approximate surface area is 118 Å². The van der Waals surface area contributed by atoms with Crippen LogP contribution in [0.3, 0.4) is 0 Å². The fraction of sp³-hybridized carbons (Fsp3) is 0.429. The van der Waals surface area contributed by atoms with Gasteiger partial charge in [-0.1, -0.05) is 19.1 Å². The standard InChI is InChI=1S/C14H20N2O4/c1-3-8-15-11(14(18)19)9-13(17)16-10-6-4-5-7-12(10)20-2/h4-7,11,15H,3,8-9H2,1-2H3,(H,16,17)(H,18,19). The van der Waals surface area contributed by atoms with Crippen LogP contribution in [0.1, 0.15) is 19.8 Å². The highest BCUT2D eigenvalue weighted by atomic mass is 16.5. The van der Waals surface area contributed by atoms with Crippen molar-refractivity contribution in [1.82, 2.24) is 5.32 Å². The number of carbonyl (C=O) groups is 2. The lowest BCUT2D eigenvalue weighted by Gasteiger charge is -2.14. The summed E-state index contributed by atoms with van der Waals surface area (Å²) in [7, 11) is 1.51. The van der Waals surface area contributed by atoms with E-state index in [-0.39, 0.29) is 12.3 Å². The minimum Gasteiger partial charge on any atom is -0.495 e. The van der Waals surface area contributed by atoms with Crippen molar-refractivity contribution in [3.05, 3.63) is 24.3 Å². The van der Waals surface area contributed by atoms with Crippen molar-refractivity contribution in [2.24, 2.45) is 0 Å². The van der Waals surface area contributed by atoms with E-state index in [9.17, 15) is 9.59 Å². The molecule has 0 aromatic heterocycles. The van der Waals surface area contributed by atoms with Crippen LogP contribution in [0.25, 0.3) is 0 Å². The number of benzene rings is 1. The van der Waals surface area contributed by atoms with E-state index in [4.69, 9.17) is 9.84 Å². The number of hydrogen-bond acceptors (Lipinski definition) is 4. The van der Waals surface area contributed by atoms with Crippen LogP contribution in [-0.2, 0) is 9.59 Å². The summed E-state index contributed by atoms with van der Waals surface area (Å²) in [5.41, 5.74) is 0.527. The predicted octanol–water partition coefficient (Wildman–Crippen LogP) is 1.48. The Morgan fingerprint density at radius 2 is 2.05 bits per heavy atom. The van der Waals surface area contributed by atoms with Gasteiger partial charge in [0.2, 0.25) is 5.91 Å². The van der Waals surface area contributed by atoms with Gasteiger partial charge in [-0.3, -0.25) is 9.59 Å². The Hall–Kier alpha value is -2.08. The van der Waals surface area contributed by atoms with Gasteiger partial charge in [-0.15, -0.1) is 0 Å². The van der Waals surface area contributed by atoms with E-state index in [1.54, 1.807) is 24.3 Å². The average molecular weight is 280 g/mol. The first kappa shape index (κ1) is 16.0. The van der Waals surface area contributed by atoms with Crippen molar-refractivity contribution in [2.45, 2.75) is 25.8 Å². The number of nitrogens with one attached hydrogen (secondary N) is 2. The summed E-state index contributed by atoms with van der Waals surface area (Å²) in [5, 5.41) is 14.5. The molecule has 0 fully saturated rings. The molecule has 1 rings (SSSR count). The van der Waals surface area contributed by atoms with Crippen LogP contribution < -0.4 is 15.4 Å². The maximum Gasteiger partial charge on any atom is 0.321 e. The molecule has 1 aromatic rings. The zero-order valence-electron chi connectivity index (χ0n) is 11.7. The third-order valence-corrected chi connectivity index (χ3v) is 2.71. The first-order chi connectivity index (χ1) is 9.58. The van der Waals surface area contributed by atoms with E-state index in [1.165, 1.54) is 7.11 Å². The number of para-hydroxylation sites is 2. The van der Waals surface area contributed by atoms with E-state index in [0.29, 0.717) is 18.0 Å². The lowest BCUT2D eigenvalue weighted by atomic mass is 10.2. The minimum absolute atomic E-state index is 0.132. The molecule has 0 heterocycles. The number of carboxylic acids is 1. The smallest absolute Gasteiger partial charge is 0.321 e. The molecule has 1 aromatic carbocycles. The highest BCUT2D eigenvalue weighted by Gasteiger charge is 2.20. The Bertz CT molecular complexity index is 462. The Balaban J connectivity index is 2.63. The Kier molecular flexibility index (Phi) is 6.52. The van der Waals surface area contributed by atoms with Gasteiger partial charge in [-0.2, -0.15) is 0 Å². The van der Waals surface area contributed by atoms with Gasteiger partial charge in [-0.25, -0.2) is 0 Å². The zero-order chi connectivity index (χ0) is 15.0.